The van der Waals surface area contributed by atoms with Gasteiger partial charge in [0, 0.05) is 12.2 Å². The molecule has 1 fully saturated rings. The molecule has 172 valence electrons. The topological polar surface area (TPSA) is 81.5 Å². The zero-order valence-electron chi connectivity index (χ0n) is 18.6. The molecule has 0 radical (unpaired) electrons. The summed E-state index contributed by atoms with van der Waals surface area (Å²) < 4.78 is 12.8. The second-order valence-electron chi connectivity index (χ2n) is 8.22. The molecule has 8 nitrogen and oxygen atoms in total. The van der Waals surface area contributed by atoms with E-state index < -0.39 is 0 Å². The van der Waals surface area contributed by atoms with Crippen LogP contribution in [0.4, 0.5) is 0 Å². The Morgan fingerprint density at radius 2 is 1.88 bits per heavy atom. The Hall–Kier alpha value is -3.04. The molecule has 1 amide bonds. The number of thioether (sulfide) groups is 1. The monoisotopic (exact) mass is 465 g/mol. The Morgan fingerprint density at radius 3 is 2.70 bits per heavy atom. The maximum Gasteiger partial charge on any atom is 0.233 e. The molecule has 33 heavy (non-hydrogen) atoms. The fourth-order valence-electron chi connectivity index (χ4n) is 4.05. The van der Waals surface area contributed by atoms with Gasteiger partial charge in [-0.1, -0.05) is 36.0 Å². The summed E-state index contributed by atoms with van der Waals surface area (Å²) >= 11 is 1.42. The highest BCUT2D eigenvalue weighted by Crippen LogP contribution is 2.32. The van der Waals surface area contributed by atoms with Crippen molar-refractivity contribution in [1.29, 1.82) is 0 Å². The molecule has 2 aromatic carbocycles. The van der Waals surface area contributed by atoms with Crippen molar-refractivity contribution in [3.05, 3.63) is 59.9 Å². The van der Waals surface area contributed by atoms with Crippen LogP contribution in [0.5, 0.6) is 11.5 Å². The molecular formula is C24H27N5O3S. The number of nitrogens with zero attached hydrogens (tertiary/aromatic N) is 4. The third-order valence-electron chi connectivity index (χ3n) is 5.83. The van der Waals surface area contributed by atoms with Gasteiger partial charge in [0.15, 0.2) is 22.5 Å². The summed E-state index contributed by atoms with van der Waals surface area (Å²) in [6.07, 6.45) is 2.45. The maximum atomic E-state index is 12.8. The van der Waals surface area contributed by atoms with E-state index >= 15 is 0 Å². The Labute approximate surface area is 197 Å². The molecule has 3 heterocycles. The third-order valence-corrected chi connectivity index (χ3v) is 6.88. The summed E-state index contributed by atoms with van der Waals surface area (Å²) in [7, 11) is 0. The number of amides is 1. The van der Waals surface area contributed by atoms with Crippen molar-refractivity contribution in [1.82, 2.24) is 25.0 Å². The van der Waals surface area contributed by atoms with E-state index in [4.69, 9.17) is 9.47 Å². The van der Waals surface area contributed by atoms with Gasteiger partial charge in [-0.15, -0.1) is 10.2 Å². The van der Waals surface area contributed by atoms with Crippen LogP contribution in [0.3, 0.4) is 0 Å². The second kappa shape index (κ2) is 9.84. The van der Waals surface area contributed by atoms with Crippen LogP contribution in [0.2, 0.25) is 0 Å². The standard InChI is InChI=1S/C24H27N5O3S/c1-17(23(30)25-14-18-9-10-20-21(13-18)32-16-31-20)33-24-27-26-22(15-28-11-5-6-12-28)29(24)19-7-3-2-4-8-19/h2-4,7-10,13,17H,5-6,11-12,14-16H2,1H3,(H,25,30). The van der Waals surface area contributed by atoms with E-state index in [9.17, 15) is 4.79 Å². The Balaban J connectivity index is 1.27. The van der Waals surface area contributed by atoms with E-state index in [1.165, 1.54) is 24.6 Å². The molecule has 2 aliphatic rings. The van der Waals surface area contributed by atoms with Crippen LogP contribution in [-0.2, 0) is 17.9 Å². The van der Waals surface area contributed by atoms with E-state index in [2.05, 4.69) is 25.0 Å². The van der Waals surface area contributed by atoms with Crippen molar-refractivity contribution >= 4 is 17.7 Å². The Bertz CT molecular complexity index is 1110. The lowest BCUT2D eigenvalue weighted by Gasteiger charge is -2.17. The predicted molar refractivity (Wildman–Crippen MR) is 126 cm³/mol. The summed E-state index contributed by atoms with van der Waals surface area (Å²) in [6.45, 7) is 5.48. The number of rotatable bonds is 8. The third kappa shape index (κ3) is 4.99. The van der Waals surface area contributed by atoms with Gasteiger partial charge in [0.25, 0.3) is 0 Å². The highest BCUT2D eigenvalue weighted by molar-refractivity contribution is 8.00. The molecule has 3 aromatic rings. The number of nitrogens with one attached hydrogen (secondary N) is 1. The van der Waals surface area contributed by atoms with Gasteiger partial charge >= 0.3 is 0 Å². The van der Waals surface area contributed by atoms with Crippen LogP contribution in [0.25, 0.3) is 5.69 Å². The number of carbonyl (C=O) groups excluding carboxylic acids is 1. The average Bonchev–Trinajstić information content (AvgIpc) is 3.59. The summed E-state index contributed by atoms with van der Waals surface area (Å²) in [6, 6.07) is 15.8. The smallest absolute Gasteiger partial charge is 0.233 e. The number of hydrogen-bond donors (Lipinski definition) is 1. The molecule has 2 aliphatic heterocycles. The fourth-order valence-corrected chi connectivity index (χ4v) is 4.96. The maximum absolute atomic E-state index is 12.8. The lowest BCUT2D eigenvalue weighted by atomic mass is 10.2. The first-order chi connectivity index (χ1) is 16.2. The second-order valence-corrected chi connectivity index (χ2v) is 9.53. The number of aromatic nitrogens is 3. The average molecular weight is 466 g/mol. The molecule has 1 atom stereocenters. The van der Waals surface area contributed by atoms with Crippen molar-refractivity contribution < 1.29 is 14.3 Å². The van der Waals surface area contributed by atoms with Crippen molar-refractivity contribution in [3.63, 3.8) is 0 Å². The normalized spacial score (nSPS) is 16.2. The van der Waals surface area contributed by atoms with E-state index in [-0.39, 0.29) is 18.0 Å². The van der Waals surface area contributed by atoms with Crippen LogP contribution in [0, 0.1) is 0 Å². The van der Waals surface area contributed by atoms with Gasteiger partial charge < -0.3 is 14.8 Å². The summed E-state index contributed by atoms with van der Waals surface area (Å²) in [4.78, 5) is 15.2. The van der Waals surface area contributed by atoms with E-state index in [0.29, 0.717) is 12.3 Å². The van der Waals surface area contributed by atoms with Gasteiger partial charge in [0.2, 0.25) is 12.7 Å². The number of fused-ring (bicyclic) bond motifs is 1. The van der Waals surface area contributed by atoms with Crippen molar-refractivity contribution in [2.45, 2.75) is 43.3 Å². The highest BCUT2D eigenvalue weighted by Gasteiger charge is 2.23. The molecule has 1 unspecified atom stereocenters. The molecule has 0 spiro atoms. The van der Waals surface area contributed by atoms with Crippen molar-refractivity contribution in [2.24, 2.45) is 0 Å². The zero-order chi connectivity index (χ0) is 22.6. The minimum Gasteiger partial charge on any atom is -0.454 e. The first-order valence-electron chi connectivity index (χ1n) is 11.2. The Morgan fingerprint density at radius 1 is 1.09 bits per heavy atom. The number of para-hydroxylation sites is 1. The number of hydrogen-bond acceptors (Lipinski definition) is 7. The lowest BCUT2D eigenvalue weighted by molar-refractivity contribution is -0.120. The SMILES string of the molecule is CC(Sc1nnc(CN2CCCC2)n1-c1ccccc1)C(=O)NCc1ccc2c(c1)OCO2. The predicted octanol–water partition coefficient (Wildman–Crippen LogP) is 3.39. The summed E-state index contributed by atoms with van der Waals surface area (Å²) in [5.41, 5.74) is 1.97. The molecule has 1 aromatic heterocycles. The number of likely N-dealkylation sites (tertiary alicyclic amines) is 1. The van der Waals surface area contributed by atoms with Crippen molar-refractivity contribution in [2.75, 3.05) is 19.9 Å². The van der Waals surface area contributed by atoms with Crippen LogP contribution in [0.1, 0.15) is 31.2 Å². The van der Waals surface area contributed by atoms with Gasteiger partial charge in [-0.3, -0.25) is 14.3 Å². The van der Waals surface area contributed by atoms with Gasteiger partial charge in [-0.05, 0) is 62.7 Å². The molecular weight excluding hydrogens is 438 g/mol. The van der Waals surface area contributed by atoms with E-state index in [1.54, 1.807) is 0 Å². The van der Waals surface area contributed by atoms with Crippen LogP contribution < -0.4 is 14.8 Å². The van der Waals surface area contributed by atoms with Crippen LogP contribution in [-0.4, -0.2) is 50.7 Å². The molecule has 0 aliphatic carbocycles. The van der Waals surface area contributed by atoms with Gasteiger partial charge in [0.05, 0.1) is 11.8 Å². The van der Waals surface area contributed by atoms with Crippen LogP contribution >= 0.6 is 11.8 Å². The number of ether oxygens (including phenoxy) is 2. The van der Waals surface area contributed by atoms with Gasteiger partial charge in [-0.25, -0.2) is 0 Å². The first-order valence-corrected chi connectivity index (χ1v) is 12.1. The van der Waals surface area contributed by atoms with Gasteiger partial charge in [-0.2, -0.15) is 0 Å². The minimum atomic E-state index is -0.328. The highest BCUT2D eigenvalue weighted by atomic mass is 32.2. The summed E-state index contributed by atoms with van der Waals surface area (Å²) in [5, 5.41) is 12.3. The largest absolute Gasteiger partial charge is 0.454 e. The van der Waals surface area contributed by atoms with Gasteiger partial charge in [0.1, 0.15) is 0 Å². The first kappa shape index (κ1) is 21.8. The number of benzene rings is 2. The minimum absolute atomic E-state index is 0.0543. The summed E-state index contributed by atoms with van der Waals surface area (Å²) in [5.74, 6) is 2.30. The van der Waals surface area contributed by atoms with E-state index in [0.717, 1.165) is 47.6 Å². The molecule has 0 bridgehead atoms. The molecule has 1 N–H and O–H groups in total. The fraction of sp³-hybridized carbons (Fsp3) is 0.375. The Kier molecular flexibility index (Phi) is 6.50. The lowest BCUT2D eigenvalue weighted by Crippen LogP contribution is -2.30. The number of carbonyl (C=O) groups is 1. The zero-order valence-corrected chi connectivity index (χ0v) is 19.4. The molecule has 1 saturated heterocycles. The van der Waals surface area contributed by atoms with E-state index in [1.807, 2.05) is 55.5 Å². The molecule has 9 heteroatoms. The van der Waals surface area contributed by atoms with Crippen molar-refractivity contribution in [3.8, 4) is 17.2 Å². The quantitative estimate of drug-likeness (QED) is 0.511. The molecule has 5 rings (SSSR count). The van der Waals surface area contributed by atoms with Crippen LogP contribution in [0.15, 0.2) is 53.7 Å². The molecule has 0 saturated carbocycles.